The van der Waals surface area contributed by atoms with E-state index < -0.39 is 23.6 Å². The number of esters is 1. The Bertz CT molecular complexity index is 1420. The Kier molecular flexibility index (Phi) is 7.69. The summed E-state index contributed by atoms with van der Waals surface area (Å²) in [7, 11) is 1.26. The molecule has 1 heterocycles. The van der Waals surface area contributed by atoms with Gasteiger partial charge in [0.25, 0.3) is 11.8 Å². The predicted octanol–water partition coefficient (Wildman–Crippen LogP) is 5.37. The van der Waals surface area contributed by atoms with Gasteiger partial charge in [-0.25, -0.2) is 9.18 Å². The van der Waals surface area contributed by atoms with Gasteiger partial charge in [0.2, 0.25) is 0 Å². The summed E-state index contributed by atoms with van der Waals surface area (Å²) in [6.07, 6.45) is 1.59. The van der Waals surface area contributed by atoms with E-state index in [4.69, 9.17) is 21.1 Å². The van der Waals surface area contributed by atoms with Crippen molar-refractivity contribution < 1.29 is 28.2 Å². The SMILES string of the molecule is COC(=O)C1=C(C)N(c2cccc(Cl)c2)C(=O)/C1=C\c1ccc(OCC(=O)Nc2ccc(F)cc2)cc1. The molecule has 0 fully saturated rings. The second-order valence-corrected chi connectivity index (χ2v) is 8.48. The maximum atomic E-state index is 13.4. The summed E-state index contributed by atoms with van der Waals surface area (Å²) in [5.41, 5.74) is 2.38. The Balaban J connectivity index is 1.50. The standard InChI is InChI=1S/C28H22ClFN2O5/c1-17-26(28(35)36-2)24(27(34)32(17)22-5-3-4-19(29)15-22)14-18-6-12-23(13-7-18)37-16-25(33)31-21-10-8-20(30)9-11-21/h3-15H,16H2,1-2H3,(H,31,33)/b24-14-. The van der Waals surface area contributed by atoms with Crippen molar-refractivity contribution in [3.8, 4) is 5.75 Å². The number of amides is 2. The van der Waals surface area contributed by atoms with Crippen molar-refractivity contribution in [2.45, 2.75) is 6.92 Å². The molecule has 1 aliphatic rings. The van der Waals surface area contributed by atoms with Crippen molar-refractivity contribution in [1.29, 1.82) is 0 Å². The van der Waals surface area contributed by atoms with Crippen molar-refractivity contribution in [2.24, 2.45) is 0 Å². The first-order chi connectivity index (χ1) is 17.8. The van der Waals surface area contributed by atoms with Crippen molar-refractivity contribution in [2.75, 3.05) is 23.9 Å². The highest BCUT2D eigenvalue weighted by Crippen LogP contribution is 2.36. The molecule has 0 atom stereocenters. The zero-order chi connectivity index (χ0) is 26.5. The van der Waals surface area contributed by atoms with Crippen LogP contribution >= 0.6 is 11.6 Å². The number of hydrogen-bond donors (Lipinski definition) is 1. The number of ether oxygens (including phenoxy) is 2. The number of nitrogens with one attached hydrogen (secondary N) is 1. The van der Waals surface area contributed by atoms with Gasteiger partial charge in [0.1, 0.15) is 11.6 Å². The Hall–Kier alpha value is -4.43. The largest absolute Gasteiger partial charge is 0.484 e. The molecular formula is C28H22ClFN2O5. The predicted molar refractivity (Wildman–Crippen MR) is 139 cm³/mol. The molecule has 0 spiro atoms. The minimum Gasteiger partial charge on any atom is -0.484 e. The van der Waals surface area contributed by atoms with Crippen LogP contribution in [0.1, 0.15) is 12.5 Å². The number of nitrogens with zero attached hydrogens (tertiary/aromatic N) is 1. The van der Waals surface area contributed by atoms with E-state index >= 15 is 0 Å². The van der Waals surface area contributed by atoms with Crippen molar-refractivity contribution in [3.05, 3.63) is 106 Å². The third kappa shape index (κ3) is 5.87. The molecule has 1 aliphatic heterocycles. The second kappa shape index (κ2) is 11.1. The molecule has 0 aliphatic carbocycles. The van der Waals surface area contributed by atoms with Crippen LogP contribution in [-0.4, -0.2) is 31.5 Å². The fourth-order valence-electron chi connectivity index (χ4n) is 3.81. The molecule has 37 heavy (non-hydrogen) atoms. The number of allylic oxidation sites excluding steroid dienone is 1. The van der Waals surface area contributed by atoms with Crippen LogP contribution in [-0.2, 0) is 19.1 Å². The lowest BCUT2D eigenvalue weighted by atomic mass is 10.0. The third-order valence-corrected chi connectivity index (χ3v) is 5.78. The molecule has 188 valence electrons. The zero-order valence-corrected chi connectivity index (χ0v) is 20.7. The smallest absolute Gasteiger partial charge is 0.340 e. The first-order valence-corrected chi connectivity index (χ1v) is 11.5. The summed E-state index contributed by atoms with van der Waals surface area (Å²) < 4.78 is 23.4. The number of rotatable bonds is 7. The fourth-order valence-corrected chi connectivity index (χ4v) is 4.00. The lowest BCUT2D eigenvalue weighted by Crippen LogP contribution is -2.24. The minimum atomic E-state index is -0.631. The van der Waals surface area contributed by atoms with E-state index in [0.29, 0.717) is 33.4 Å². The summed E-state index contributed by atoms with van der Waals surface area (Å²) in [6.45, 7) is 1.42. The van der Waals surface area contributed by atoms with E-state index in [2.05, 4.69) is 5.32 Å². The molecule has 0 bridgehead atoms. The number of hydrogen-bond acceptors (Lipinski definition) is 5. The fraction of sp³-hybridized carbons (Fsp3) is 0.107. The van der Waals surface area contributed by atoms with Gasteiger partial charge in [-0.05, 0) is 73.2 Å². The van der Waals surface area contributed by atoms with Crippen LogP contribution in [0.15, 0.2) is 89.6 Å². The van der Waals surface area contributed by atoms with Gasteiger partial charge in [-0.1, -0.05) is 29.8 Å². The van der Waals surface area contributed by atoms with Gasteiger partial charge in [0, 0.05) is 16.4 Å². The Morgan fingerprint density at radius 1 is 1.05 bits per heavy atom. The second-order valence-electron chi connectivity index (χ2n) is 8.04. The quantitative estimate of drug-likeness (QED) is 0.334. The van der Waals surface area contributed by atoms with Gasteiger partial charge in [-0.3, -0.25) is 14.5 Å². The van der Waals surface area contributed by atoms with Crippen molar-refractivity contribution in [3.63, 3.8) is 0 Å². The first kappa shape index (κ1) is 25.7. The average molecular weight is 521 g/mol. The molecule has 2 amide bonds. The van der Waals surface area contributed by atoms with Crippen LogP contribution < -0.4 is 15.0 Å². The van der Waals surface area contributed by atoms with Crippen LogP contribution in [0.3, 0.4) is 0 Å². The maximum Gasteiger partial charge on any atom is 0.340 e. The Morgan fingerprint density at radius 3 is 2.41 bits per heavy atom. The lowest BCUT2D eigenvalue weighted by molar-refractivity contribution is -0.136. The van der Waals surface area contributed by atoms with E-state index in [0.717, 1.165) is 0 Å². The first-order valence-electron chi connectivity index (χ1n) is 11.2. The molecule has 0 radical (unpaired) electrons. The van der Waals surface area contributed by atoms with Gasteiger partial charge < -0.3 is 14.8 Å². The molecule has 9 heteroatoms. The van der Waals surface area contributed by atoms with Gasteiger partial charge >= 0.3 is 5.97 Å². The number of anilines is 2. The normalized spacial score (nSPS) is 14.2. The zero-order valence-electron chi connectivity index (χ0n) is 20.0. The maximum absolute atomic E-state index is 13.4. The third-order valence-electron chi connectivity index (χ3n) is 5.54. The van der Waals surface area contributed by atoms with E-state index in [1.54, 1.807) is 61.5 Å². The number of benzene rings is 3. The molecule has 4 rings (SSSR count). The van der Waals surface area contributed by atoms with Crippen molar-refractivity contribution in [1.82, 2.24) is 0 Å². The van der Waals surface area contributed by atoms with Crippen molar-refractivity contribution >= 4 is 46.8 Å². The van der Waals surface area contributed by atoms with E-state index in [1.807, 2.05) is 0 Å². The monoisotopic (exact) mass is 520 g/mol. The molecule has 3 aromatic rings. The minimum absolute atomic E-state index is 0.158. The summed E-state index contributed by atoms with van der Waals surface area (Å²) >= 11 is 6.11. The summed E-state index contributed by atoms with van der Waals surface area (Å²) in [5, 5.41) is 3.07. The number of carbonyl (C=O) groups is 3. The Labute approximate surface area is 217 Å². The molecule has 0 aromatic heterocycles. The number of methoxy groups -OCH3 is 1. The molecule has 0 saturated carbocycles. The highest BCUT2D eigenvalue weighted by molar-refractivity contribution is 6.31. The molecule has 0 saturated heterocycles. The van der Waals surface area contributed by atoms with Gasteiger partial charge in [-0.2, -0.15) is 0 Å². The average Bonchev–Trinajstić information content (AvgIpc) is 3.13. The summed E-state index contributed by atoms with van der Waals surface area (Å²) in [5.74, 6) is -1.40. The number of carbonyl (C=O) groups excluding carboxylic acids is 3. The molecule has 3 aromatic carbocycles. The molecule has 7 nitrogen and oxygen atoms in total. The Morgan fingerprint density at radius 2 is 1.76 bits per heavy atom. The topological polar surface area (TPSA) is 84.9 Å². The highest BCUT2D eigenvalue weighted by Gasteiger charge is 2.37. The summed E-state index contributed by atoms with van der Waals surface area (Å²) in [6, 6.07) is 18.8. The van der Waals surface area contributed by atoms with Crippen LogP contribution in [0.25, 0.3) is 6.08 Å². The van der Waals surface area contributed by atoms with Crippen LogP contribution in [0, 0.1) is 5.82 Å². The van der Waals surface area contributed by atoms with Crippen LogP contribution in [0.2, 0.25) is 5.02 Å². The molecule has 1 N–H and O–H groups in total. The lowest BCUT2D eigenvalue weighted by Gasteiger charge is -2.18. The van der Waals surface area contributed by atoms with Crippen LogP contribution in [0.4, 0.5) is 15.8 Å². The van der Waals surface area contributed by atoms with E-state index in [9.17, 15) is 18.8 Å². The molecular weight excluding hydrogens is 499 g/mol. The highest BCUT2D eigenvalue weighted by atomic mass is 35.5. The van der Waals surface area contributed by atoms with Crippen LogP contribution in [0.5, 0.6) is 5.75 Å². The number of halogens is 2. The summed E-state index contributed by atoms with van der Waals surface area (Å²) in [4.78, 5) is 39.4. The molecule has 0 unspecified atom stereocenters. The van der Waals surface area contributed by atoms with E-state index in [-0.39, 0.29) is 17.8 Å². The van der Waals surface area contributed by atoms with Gasteiger partial charge in [-0.15, -0.1) is 0 Å². The van der Waals surface area contributed by atoms with Gasteiger partial charge in [0.15, 0.2) is 6.61 Å². The van der Waals surface area contributed by atoms with E-state index in [1.165, 1.54) is 36.3 Å². The van der Waals surface area contributed by atoms with Gasteiger partial charge in [0.05, 0.1) is 23.9 Å².